The van der Waals surface area contributed by atoms with Crippen LogP contribution in [-0.2, 0) is 11.2 Å². The second-order valence-corrected chi connectivity index (χ2v) is 3.82. The summed E-state index contributed by atoms with van der Waals surface area (Å²) in [6.45, 7) is 1.42. The normalized spacial score (nSPS) is 10.7. The number of hydrogen-bond acceptors (Lipinski definition) is 3. The second-order valence-electron chi connectivity index (χ2n) is 3.82. The average Bonchev–Trinajstić information content (AvgIpc) is 2.60. The molecular weight excluding hydrogens is 263 g/mol. The smallest absolute Gasteiger partial charge is 0.309 e. The van der Waals surface area contributed by atoms with Crippen molar-refractivity contribution in [3.63, 3.8) is 0 Å². The van der Waals surface area contributed by atoms with Crippen molar-refractivity contribution in [3.8, 4) is 5.69 Å². The summed E-state index contributed by atoms with van der Waals surface area (Å²) in [5.41, 5.74) is -0.342. The van der Waals surface area contributed by atoms with Gasteiger partial charge in [-0.2, -0.15) is 0 Å². The molecule has 1 aromatic heterocycles. The Kier molecular flexibility index (Phi) is 3.24. The summed E-state index contributed by atoms with van der Waals surface area (Å²) in [6.07, 6.45) is -0.420. The number of nitrogens with zero attached hydrogens (tertiary/aromatic N) is 3. The van der Waals surface area contributed by atoms with Crippen molar-refractivity contribution in [2.24, 2.45) is 0 Å². The molecule has 0 fully saturated rings. The topological polar surface area (TPSA) is 68.0 Å². The van der Waals surface area contributed by atoms with Gasteiger partial charge in [-0.15, -0.1) is 5.10 Å². The van der Waals surface area contributed by atoms with Gasteiger partial charge in [-0.3, -0.25) is 4.79 Å². The van der Waals surface area contributed by atoms with Crippen molar-refractivity contribution in [3.05, 3.63) is 41.0 Å². The first kappa shape index (κ1) is 13.1. The van der Waals surface area contributed by atoms with E-state index in [2.05, 4.69) is 10.3 Å². The molecule has 0 spiro atoms. The maximum atomic E-state index is 13.6. The summed E-state index contributed by atoms with van der Waals surface area (Å²) in [5.74, 6) is -4.49. The molecule has 0 aliphatic heterocycles. The Morgan fingerprint density at radius 3 is 2.42 bits per heavy atom. The van der Waals surface area contributed by atoms with Gasteiger partial charge in [0.25, 0.3) is 0 Å². The van der Waals surface area contributed by atoms with Crippen molar-refractivity contribution in [2.45, 2.75) is 13.3 Å². The third-order valence-electron chi connectivity index (χ3n) is 2.50. The average molecular weight is 271 g/mol. The largest absolute Gasteiger partial charge is 0.481 e. The van der Waals surface area contributed by atoms with Gasteiger partial charge >= 0.3 is 5.97 Å². The molecule has 0 amide bonds. The van der Waals surface area contributed by atoms with E-state index in [9.17, 15) is 18.0 Å². The van der Waals surface area contributed by atoms with E-state index in [0.717, 1.165) is 4.68 Å². The lowest BCUT2D eigenvalue weighted by atomic mass is 10.2. The Morgan fingerprint density at radius 1 is 1.32 bits per heavy atom. The monoisotopic (exact) mass is 271 g/mol. The summed E-state index contributed by atoms with van der Waals surface area (Å²) >= 11 is 0. The van der Waals surface area contributed by atoms with Crippen molar-refractivity contribution >= 4 is 5.97 Å². The van der Waals surface area contributed by atoms with E-state index in [4.69, 9.17) is 5.11 Å². The predicted molar refractivity (Wildman–Crippen MR) is 57.3 cm³/mol. The maximum absolute atomic E-state index is 13.6. The molecule has 0 aliphatic rings. The van der Waals surface area contributed by atoms with E-state index in [-0.39, 0.29) is 11.4 Å². The fourth-order valence-electron chi connectivity index (χ4n) is 1.62. The third-order valence-corrected chi connectivity index (χ3v) is 2.50. The number of benzene rings is 1. The SMILES string of the molecule is Cc1c(CC(=O)O)nnn1-c1c(F)cc(F)cc1F. The standard InChI is InChI=1S/C11H8F3N3O2/c1-5-9(4-10(18)19)15-16-17(5)11-7(13)2-6(12)3-8(11)14/h2-3H,4H2,1H3,(H,18,19). The van der Waals surface area contributed by atoms with Crippen molar-refractivity contribution < 1.29 is 23.1 Å². The van der Waals surface area contributed by atoms with Crippen LogP contribution in [0.25, 0.3) is 5.69 Å². The molecule has 0 aliphatic carbocycles. The molecule has 1 N–H and O–H groups in total. The highest BCUT2D eigenvalue weighted by Gasteiger charge is 2.19. The first-order chi connectivity index (χ1) is 8.90. The first-order valence-corrected chi connectivity index (χ1v) is 5.18. The Morgan fingerprint density at radius 2 is 1.89 bits per heavy atom. The van der Waals surface area contributed by atoms with Crippen LogP contribution in [0, 0.1) is 24.4 Å². The lowest BCUT2D eigenvalue weighted by Crippen LogP contribution is -2.07. The van der Waals surface area contributed by atoms with Crippen molar-refractivity contribution in [2.75, 3.05) is 0 Å². The number of rotatable bonds is 3. The summed E-state index contributed by atoms with van der Waals surface area (Å²) in [4.78, 5) is 10.6. The van der Waals surface area contributed by atoms with E-state index in [1.807, 2.05) is 0 Å². The summed E-state index contributed by atoms with van der Waals surface area (Å²) in [7, 11) is 0. The molecule has 19 heavy (non-hydrogen) atoms. The Bertz CT molecular complexity index is 632. The van der Waals surface area contributed by atoms with E-state index in [0.29, 0.717) is 12.1 Å². The third kappa shape index (κ3) is 2.42. The molecule has 8 heteroatoms. The Hall–Kier alpha value is -2.38. The lowest BCUT2D eigenvalue weighted by molar-refractivity contribution is -0.136. The summed E-state index contributed by atoms with van der Waals surface area (Å²) in [6, 6.07) is 1.02. The molecule has 0 unspecified atom stereocenters. The van der Waals surface area contributed by atoms with E-state index in [1.54, 1.807) is 0 Å². The predicted octanol–water partition coefficient (Wildman–Crippen LogP) is 1.62. The van der Waals surface area contributed by atoms with Crippen LogP contribution in [0.1, 0.15) is 11.4 Å². The minimum absolute atomic E-state index is 0.0793. The van der Waals surface area contributed by atoms with Crippen LogP contribution in [0.15, 0.2) is 12.1 Å². The van der Waals surface area contributed by atoms with Gasteiger partial charge in [-0.05, 0) is 6.92 Å². The fraction of sp³-hybridized carbons (Fsp3) is 0.182. The fourth-order valence-corrected chi connectivity index (χ4v) is 1.62. The molecule has 2 rings (SSSR count). The van der Waals surface area contributed by atoms with Crippen LogP contribution in [-0.4, -0.2) is 26.1 Å². The summed E-state index contributed by atoms with van der Waals surface area (Å²) in [5, 5.41) is 15.7. The number of carbonyl (C=O) groups is 1. The highest BCUT2D eigenvalue weighted by atomic mass is 19.1. The maximum Gasteiger partial charge on any atom is 0.309 e. The van der Waals surface area contributed by atoms with Gasteiger partial charge in [-0.1, -0.05) is 5.21 Å². The zero-order valence-electron chi connectivity index (χ0n) is 9.69. The molecular formula is C11H8F3N3O2. The van der Waals surface area contributed by atoms with Gasteiger partial charge in [0.05, 0.1) is 17.8 Å². The van der Waals surface area contributed by atoms with E-state index >= 15 is 0 Å². The zero-order valence-corrected chi connectivity index (χ0v) is 9.69. The number of aliphatic carboxylic acids is 1. The van der Waals surface area contributed by atoms with Gasteiger partial charge in [0, 0.05) is 12.1 Å². The number of halogens is 3. The van der Waals surface area contributed by atoms with Gasteiger partial charge < -0.3 is 5.11 Å². The second kappa shape index (κ2) is 4.71. The van der Waals surface area contributed by atoms with Crippen LogP contribution in [0.3, 0.4) is 0 Å². The molecule has 0 saturated heterocycles. The number of carboxylic acid groups (broad SMARTS) is 1. The Balaban J connectivity index is 2.54. The molecule has 0 bridgehead atoms. The van der Waals surface area contributed by atoms with Gasteiger partial charge in [0.1, 0.15) is 11.5 Å². The molecule has 0 atom stereocenters. The van der Waals surface area contributed by atoms with E-state index < -0.39 is 35.5 Å². The van der Waals surface area contributed by atoms with Crippen LogP contribution in [0.5, 0.6) is 0 Å². The number of aromatic nitrogens is 3. The minimum atomic E-state index is -1.15. The Labute approximate surface area is 105 Å². The van der Waals surface area contributed by atoms with Crippen LogP contribution in [0.2, 0.25) is 0 Å². The van der Waals surface area contributed by atoms with Gasteiger partial charge in [-0.25, -0.2) is 17.9 Å². The van der Waals surface area contributed by atoms with Crippen LogP contribution < -0.4 is 0 Å². The molecule has 0 saturated carbocycles. The minimum Gasteiger partial charge on any atom is -0.481 e. The molecule has 0 radical (unpaired) electrons. The molecule has 2 aromatic rings. The quantitative estimate of drug-likeness (QED) is 0.921. The molecule has 1 heterocycles. The highest BCUT2D eigenvalue weighted by Crippen LogP contribution is 2.21. The molecule has 100 valence electrons. The van der Waals surface area contributed by atoms with E-state index in [1.165, 1.54) is 6.92 Å². The molecule has 1 aromatic carbocycles. The molecule has 5 nitrogen and oxygen atoms in total. The first-order valence-electron chi connectivity index (χ1n) is 5.18. The summed E-state index contributed by atoms with van der Waals surface area (Å²) < 4.78 is 40.7. The lowest BCUT2D eigenvalue weighted by Gasteiger charge is -2.06. The van der Waals surface area contributed by atoms with Crippen molar-refractivity contribution in [1.82, 2.24) is 15.0 Å². The number of carboxylic acids is 1. The number of hydrogen-bond donors (Lipinski definition) is 1. The van der Waals surface area contributed by atoms with Crippen molar-refractivity contribution in [1.29, 1.82) is 0 Å². The van der Waals surface area contributed by atoms with Gasteiger partial charge in [0.2, 0.25) is 0 Å². The zero-order chi connectivity index (χ0) is 14.2. The van der Waals surface area contributed by atoms with Crippen LogP contribution in [0.4, 0.5) is 13.2 Å². The van der Waals surface area contributed by atoms with Gasteiger partial charge in [0.15, 0.2) is 11.6 Å². The van der Waals surface area contributed by atoms with Crippen LogP contribution >= 0.6 is 0 Å². The highest BCUT2D eigenvalue weighted by molar-refractivity contribution is 5.69.